The van der Waals surface area contributed by atoms with Crippen LogP contribution in [0.5, 0.6) is 5.75 Å². The van der Waals surface area contributed by atoms with Gasteiger partial charge < -0.3 is 14.8 Å². The molecule has 0 amide bonds. The van der Waals surface area contributed by atoms with Gasteiger partial charge in [-0.1, -0.05) is 12.1 Å². The third-order valence-electron chi connectivity index (χ3n) is 4.42. The van der Waals surface area contributed by atoms with Crippen LogP contribution in [-0.2, 0) is 11.2 Å². The minimum absolute atomic E-state index is 0.395. The van der Waals surface area contributed by atoms with Gasteiger partial charge in [0.2, 0.25) is 0 Å². The molecular weight excluding hydrogens is 238 g/mol. The first-order chi connectivity index (χ1) is 9.26. The van der Waals surface area contributed by atoms with Gasteiger partial charge in [0.1, 0.15) is 5.75 Å². The summed E-state index contributed by atoms with van der Waals surface area (Å²) in [5.74, 6) is 1.07. The molecule has 1 aromatic rings. The lowest BCUT2D eigenvalue weighted by molar-refractivity contribution is 0.106. The summed E-state index contributed by atoms with van der Waals surface area (Å²) >= 11 is 0. The third kappa shape index (κ3) is 2.77. The number of nitrogens with one attached hydrogen (secondary N) is 1. The van der Waals surface area contributed by atoms with Crippen LogP contribution in [0.25, 0.3) is 0 Å². The van der Waals surface area contributed by atoms with Crippen LogP contribution in [0.2, 0.25) is 0 Å². The molecule has 1 N–H and O–H groups in total. The lowest BCUT2D eigenvalue weighted by Crippen LogP contribution is -2.30. The Morgan fingerprint density at radius 1 is 1.37 bits per heavy atom. The highest BCUT2D eigenvalue weighted by molar-refractivity contribution is 5.40. The summed E-state index contributed by atoms with van der Waals surface area (Å²) in [5, 5.41) is 3.73. The molecular formula is C16H23NO2. The molecule has 0 aromatic heterocycles. The van der Waals surface area contributed by atoms with Crippen molar-refractivity contribution in [1.82, 2.24) is 5.32 Å². The van der Waals surface area contributed by atoms with Crippen LogP contribution >= 0.6 is 0 Å². The largest absolute Gasteiger partial charge is 0.493 e. The van der Waals surface area contributed by atoms with E-state index in [2.05, 4.69) is 30.4 Å². The van der Waals surface area contributed by atoms with E-state index in [0.29, 0.717) is 18.2 Å². The second kappa shape index (κ2) is 5.51. The van der Waals surface area contributed by atoms with Gasteiger partial charge in [-0.15, -0.1) is 0 Å². The van der Waals surface area contributed by atoms with Crippen molar-refractivity contribution in [1.29, 1.82) is 0 Å². The molecule has 3 rings (SSSR count). The fourth-order valence-corrected chi connectivity index (χ4v) is 3.23. The Morgan fingerprint density at radius 3 is 3.05 bits per heavy atom. The van der Waals surface area contributed by atoms with E-state index >= 15 is 0 Å². The van der Waals surface area contributed by atoms with Gasteiger partial charge in [-0.05, 0) is 43.4 Å². The Labute approximate surface area is 115 Å². The van der Waals surface area contributed by atoms with Crippen molar-refractivity contribution in [2.24, 2.45) is 0 Å². The van der Waals surface area contributed by atoms with Crippen LogP contribution in [0.3, 0.4) is 0 Å². The van der Waals surface area contributed by atoms with Gasteiger partial charge in [0.05, 0.1) is 12.7 Å². The van der Waals surface area contributed by atoms with Crippen molar-refractivity contribution in [2.75, 3.05) is 13.7 Å². The number of rotatable bonds is 4. The molecule has 0 spiro atoms. The third-order valence-corrected chi connectivity index (χ3v) is 4.42. The zero-order valence-corrected chi connectivity index (χ0v) is 11.8. The number of hydrogen-bond acceptors (Lipinski definition) is 3. The Kier molecular flexibility index (Phi) is 3.76. The lowest BCUT2D eigenvalue weighted by Gasteiger charge is -2.20. The van der Waals surface area contributed by atoms with Gasteiger partial charge in [0.25, 0.3) is 0 Å². The predicted molar refractivity (Wildman–Crippen MR) is 75.6 cm³/mol. The van der Waals surface area contributed by atoms with E-state index in [9.17, 15) is 0 Å². The normalized spacial score (nSPS) is 27.1. The SMILES string of the molecule is COC1CCC(NC(C)c2ccc3c(c2)CCO3)C1. The molecule has 3 heteroatoms. The molecule has 104 valence electrons. The first kappa shape index (κ1) is 12.9. The molecule has 0 radical (unpaired) electrons. The first-order valence-corrected chi connectivity index (χ1v) is 7.30. The summed E-state index contributed by atoms with van der Waals surface area (Å²) < 4.78 is 11.0. The van der Waals surface area contributed by atoms with Crippen LogP contribution in [0.4, 0.5) is 0 Å². The molecule has 3 atom stereocenters. The zero-order valence-electron chi connectivity index (χ0n) is 11.8. The van der Waals surface area contributed by atoms with Gasteiger partial charge in [0.15, 0.2) is 0 Å². The highest BCUT2D eigenvalue weighted by atomic mass is 16.5. The fourth-order valence-electron chi connectivity index (χ4n) is 3.23. The number of hydrogen-bond donors (Lipinski definition) is 1. The van der Waals surface area contributed by atoms with Crippen LogP contribution in [0.15, 0.2) is 18.2 Å². The number of methoxy groups -OCH3 is 1. The molecule has 1 heterocycles. The van der Waals surface area contributed by atoms with E-state index in [1.165, 1.54) is 24.0 Å². The van der Waals surface area contributed by atoms with E-state index in [1.807, 2.05) is 7.11 Å². The van der Waals surface area contributed by atoms with Crippen molar-refractivity contribution in [3.8, 4) is 5.75 Å². The number of ether oxygens (including phenoxy) is 2. The highest BCUT2D eigenvalue weighted by Gasteiger charge is 2.25. The lowest BCUT2D eigenvalue weighted by atomic mass is 10.0. The van der Waals surface area contributed by atoms with E-state index in [0.717, 1.165) is 25.2 Å². The average Bonchev–Trinajstić information content (AvgIpc) is 3.05. The van der Waals surface area contributed by atoms with E-state index in [-0.39, 0.29) is 0 Å². The molecule has 0 bridgehead atoms. The summed E-state index contributed by atoms with van der Waals surface area (Å²) in [6.45, 7) is 3.08. The van der Waals surface area contributed by atoms with Gasteiger partial charge in [-0.2, -0.15) is 0 Å². The molecule has 0 saturated heterocycles. The minimum Gasteiger partial charge on any atom is -0.493 e. The second-order valence-electron chi connectivity index (χ2n) is 5.72. The summed E-state index contributed by atoms with van der Waals surface area (Å²) in [7, 11) is 1.82. The monoisotopic (exact) mass is 261 g/mol. The number of benzene rings is 1. The highest BCUT2D eigenvalue weighted by Crippen LogP contribution is 2.29. The predicted octanol–water partition coefficient (Wildman–Crippen LogP) is 2.84. The molecule has 1 aromatic carbocycles. The fraction of sp³-hybridized carbons (Fsp3) is 0.625. The van der Waals surface area contributed by atoms with Crippen LogP contribution in [0.1, 0.15) is 43.4 Å². The van der Waals surface area contributed by atoms with Crippen LogP contribution < -0.4 is 10.1 Å². The average molecular weight is 261 g/mol. The Hall–Kier alpha value is -1.06. The molecule has 3 nitrogen and oxygen atoms in total. The summed E-state index contributed by atoms with van der Waals surface area (Å²) in [4.78, 5) is 0. The quantitative estimate of drug-likeness (QED) is 0.904. The van der Waals surface area contributed by atoms with Gasteiger partial charge in [0, 0.05) is 25.6 Å². The van der Waals surface area contributed by atoms with Crippen molar-refractivity contribution in [3.05, 3.63) is 29.3 Å². The molecule has 2 aliphatic rings. The maximum absolute atomic E-state index is 5.56. The van der Waals surface area contributed by atoms with Crippen LogP contribution in [0, 0.1) is 0 Å². The van der Waals surface area contributed by atoms with E-state index < -0.39 is 0 Å². The Bertz CT molecular complexity index is 446. The molecule has 3 unspecified atom stereocenters. The number of fused-ring (bicyclic) bond motifs is 1. The molecule has 1 saturated carbocycles. The zero-order chi connectivity index (χ0) is 13.2. The smallest absolute Gasteiger partial charge is 0.122 e. The maximum Gasteiger partial charge on any atom is 0.122 e. The standard InChI is InChI=1S/C16H23NO2/c1-11(17-14-4-5-15(10-14)18-2)12-3-6-16-13(9-12)7-8-19-16/h3,6,9,11,14-15,17H,4-5,7-8,10H2,1-2H3. The van der Waals surface area contributed by atoms with Gasteiger partial charge in [-0.25, -0.2) is 0 Å². The molecule has 1 aliphatic heterocycles. The molecule has 19 heavy (non-hydrogen) atoms. The van der Waals surface area contributed by atoms with Crippen molar-refractivity contribution in [2.45, 2.75) is 50.8 Å². The van der Waals surface area contributed by atoms with Crippen molar-refractivity contribution in [3.63, 3.8) is 0 Å². The van der Waals surface area contributed by atoms with Crippen molar-refractivity contribution < 1.29 is 9.47 Å². The second-order valence-corrected chi connectivity index (χ2v) is 5.72. The molecule has 1 aliphatic carbocycles. The Morgan fingerprint density at radius 2 is 2.26 bits per heavy atom. The minimum atomic E-state index is 0.395. The first-order valence-electron chi connectivity index (χ1n) is 7.30. The van der Waals surface area contributed by atoms with Crippen molar-refractivity contribution >= 4 is 0 Å². The van der Waals surface area contributed by atoms with Gasteiger partial charge in [-0.3, -0.25) is 0 Å². The van der Waals surface area contributed by atoms with E-state index in [1.54, 1.807) is 0 Å². The summed E-state index contributed by atoms with van der Waals surface area (Å²) in [5.41, 5.74) is 2.72. The topological polar surface area (TPSA) is 30.5 Å². The molecule has 1 fully saturated rings. The summed E-state index contributed by atoms with van der Waals surface area (Å²) in [6.07, 6.45) is 5.02. The van der Waals surface area contributed by atoms with Gasteiger partial charge >= 0.3 is 0 Å². The Balaban J connectivity index is 1.62. The van der Waals surface area contributed by atoms with Crippen LogP contribution in [-0.4, -0.2) is 25.9 Å². The summed E-state index contributed by atoms with van der Waals surface area (Å²) in [6, 6.07) is 7.58. The maximum atomic E-state index is 5.56. The van der Waals surface area contributed by atoms with E-state index in [4.69, 9.17) is 9.47 Å².